The number of hydrogen-bond donors (Lipinski definition) is 1. The Bertz CT molecular complexity index is 791. The summed E-state index contributed by atoms with van der Waals surface area (Å²) in [5.41, 5.74) is 4.04. The van der Waals surface area contributed by atoms with Crippen molar-refractivity contribution in [1.82, 2.24) is 20.0 Å². The molecular weight excluding hydrogens is 316 g/mol. The number of ketones is 1. The molecule has 6 heteroatoms. The zero-order valence-electron chi connectivity index (χ0n) is 15.0. The lowest BCUT2D eigenvalue weighted by Crippen LogP contribution is -2.31. The van der Waals surface area contributed by atoms with Gasteiger partial charge in [-0.3, -0.25) is 9.59 Å². The van der Waals surface area contributed by atoms with Gasteiger partial charge < -0.3 is 10.2 Å². The molecule has 132 valence electrons. The van der Waals surface area contributed by atoms with Crippen LogP contribution in [0.1, 0.15) is 44.9 Å². The van der Waals surface area contributed by atoms with Gasteiger partial charge in [0.05, 0.1) is 22.6 Å². The third-order valence-electron chi connectivity index (χ3n) is 4.47. The van der Waals surface area contributed by atoms with Gasteiger partial charge in [-0.15, -0.1) is 0 Å². The van der Waals surface area contributed by atoms with Crippen LogP contribution >= 0.6 is 0 Å². The fourth-order valence-electron chi connectivity index (χ4n) is 3.17. The van der Waals surface area contributed by atoms with Crippen LogP contribution in [-0.4, -0.2) is 53.6 Å². The topological polar surface area (TPSA) is 67.2 Å². The van der Waals surface area contributed by atoms with Gasteiger partial charge in [-0.1, -0.05) is 0 Å². The van der Waals surface area contributed by atoms with Crippen LogP contribution in [0.3, 0.4) is 0 Å². The quantitative estimate of drug-likeness (QED) is 0.904. The molecule has 1 heterocycles. The van der Waals surface area contributed by atoms with Gasteiger partial charge in [0.2, 0.25) is 0 Å². The summed E-state index contributed by atoms with van der Waals surface area (Å²) in [6.45, 7) is 3.29. The molecule has 0 bridgehead atoms. The number of carbonyl (C=O) groups excluding carboxylic acids is 2. The SMILES string of the molecule is Cc1nn(-c2ccc(C(=O)NCCN(C)C)cc2)c2c1C(=O)CCC2. The second-order valence-electron chi connectivity index (χ2n) is 6.70. The van der Waals surface area contributed by atoms with E-state index in [1.165, 1.54) is 0 Å². The average molecular weight is 340 g/mol. The van der Waals surface area contributed by atoms with Crippen LogP contribution in [0.25, 0.3) is 5.69 Å². The zero-order chi connectivity index (χ0) is 18.0. The Hall–Kier alpha value is -2.47. The predicted octanol–water partition coefficient (Wildman–Crippen LogP) is 1.99. The van der Waals surface area contributed by atoms with E-state index in [0.717, 1.165) is 42.0 Å². The third kappa shape index (κ3) is 3.64. The minimum Gasteiger partial charge on any atom is -0.351 e. The summed E-state index contributed by atoms with van der Waals surface area (Å²) >= 11 is 0. The van der Waals surface area contributed by atoms with Crippen molar-refractivity contribution in [3.05, 3.63) is 46.8 Å². The monoisotopic (exact) mass is 340 g/mol. The van der Waals surface area contributed by atoms with Gasteiger partial charge in [-0.05, 0) is 58.1 Å². The van der Waals surface area contributed by atoms with Crippen LogP contribution in [0, 0.1) is 6.92 Å². The molecule has 0 saturated carbocycles. The molecule has 25 heavy (non-hydrogen) atoms. The Morgan fingerprint density at radius 2 is 1.96 bits per heavy atom. The highest BCUT2D eigenvalue weighted by atomic mass is 16.1. The van der Waals surface area contributed by atoms with Crippen LogP contribution in [-0.2, 0) is 6.42 Å². The Balaban J connectivity index is 1.78. The fraction of sp³-hybridized carbons (Fsp3) is 0.421. The molecule has 0 aliphatic heterocycles. The normalized spacial score (nSPS) is 13.8. The molecule has 0 spiro atoms. The minimum atomic E-state index is -0.0812. The van der Waals surface area contributed by atoms with Crippen molar-refractivity contribution in [3.63, 3.8) is 0 Å². The number of hydrogen-bond acceptors (Lipinski definition) is 4. The standard InChI is InChI=1S/C19H24N4O2/c1-13-18-16(5-4-6-17(18)24)23(21-13)15-9-7-14(8-10-15)19(25)20-11-12-22(2)3/h7-10H,4-6,11-12H2,1-3H3,(H,20,25). The fourth-order valence-corrected chi connectivity index (χ4v) is 3.17. The van der Waals surface area contributed by atoms with E-state index in [1.54, 1.807) is 12.1 Å². The van der Waals surface area contributed by atoms with Crippen LogP contribution in [0.2, 0.25) is 0 Å². The maximum Gasteiger partial charge on any atom is 0.251 e. The number of nitrogens with one attached hydrogen (secondary N) is 1. The molecule has 1 aromatic carbocycles. The average Bonchev–Trinajstić information content (AvgIpc) is 2.93. The number of aryl methyl sites for hydroxylation is 1. The third-order valence-corrected chi connectivity index (χ3v) is 4.47. The molecule has 1 aliphatic carbocycles. The molecule has 0 radical (unpaired) electrons. The zero-order valence-corrected chi connectivity index (χ0v) is 15.0. The van der Waals surface area contributed by atoms with Crippen molar-refractivity contribution in [2.75, 3.05) is 27.2 Å². The number of aromatic nitrogens is 2. The number of Topliss-reactive ketones (excluding diaryl/α,β-unsaturated/α-hetero) is 1. The molecule has 6 nitrogen and oxygen atoms in total. The van der Waals surface area contributed by atoms with Gasteiger partial charge in [-0.25, -0.2) is 4.68 Å². The first-order chi connectivity index (χ1) is 12.0. The van der Waals surface area contributed by atoms with Crippen LogP contribution in [0.5, 0.6) is 0 Å². The summed E-state index contributed by atoms with van der Waals surface area (Å²) in [5, 5.41) is 7.45. The van der Waals surface area contributed by atoms with Crippen LogP contribution in [0.4, 0.5) is 0 Å². The van der Waals surface area contributed by atoms with Crippen molar-refractivity contribution in [1.29, 1.82) is 0 Å². The van der Waals surface area contributed by atoms with Crippen molar-refractivity contribution >= 4 is 11.7 Å². The largest absolute Gasteiger partial charge is 0.351 e. The molecule has 1 N–H and O–H groups in total. The molecule has 0 unspecified atom stereocenters. The van der Waals surface area contributed by atoms with Gasteiger partial charge in [0, 0.05) is 25.1 Å². The molecule has 1 aromatic heterocycles. The molecule has 1 amide bonds. The van der Waals surface area contributed by atoms with E-state index in [0.29, 0.717) is 18.5 Å². The summed E-state index contributed by atoms with van der Waals surface area (Å²) in [6.07, 6.45) is 2.32. The van der Waals surface area contributed by atoms with Crippen molar-refractivity contribution < 1.29 is 9.59 Å². The number of likely N-dealkylation sites (N-methyl/N-ethyl adjacent to an activating group) is 1. The van der Waals surface area contributed by atoms with E-state index >= 15 is 0 Å². The number of rotatable bonds is 5. The van der Waals surface area contributed by atoms with Gasteiger partial charge in [0.15, 0.2) is 5.78 Å². The molecule has 0 atom stereocenters. The van der Waals surface area contributed by atoms with E-state index < -0.39 is 0 Å². The first kappa shape index (κ1) is 17.4. The molecule has 2 aromatic rings. The molecule has 1 aliphatic rings. The lowest BCUT2D eigenvalue weighted by Gasteiger charge is -2.14. The number of nitrogens with zero attached hydrogens (tertiary/aromatic N) is 3. The van der Waals surface area contributed by atoms with E-state index in [9.17, 15) is 9.59 Å². The van der Waals surface area contributed by atoms with E-state index in [4.69, 9.17) is 0 Å². The Kier molecular flexibility index (Phi) is 4.99. The number of benzene rings is 1. The maximum atomic E-state index is 12.2. The molecule has 0 fully saturated rings. The van der Waals surface area contributed by atoms with Gasteiger partial charge in [0.1, 0.15) is 0 Å². The smallest absolute Gasteiger partial charge is 0.251 e. The van der Waals surface area contributed by atoms with Gasteiger partial charge in [0.25, 0.3) is 5.91 Å². The highest BCUT2D eigenvalue weighted by Gasteiger charge is 2.25. The lowest BCUT2D eigenvalue weighted by molar-refractivity contribution is 0.0948. The number of amides is 1. The van der Waals surface area contributed by atoms with E-state index in [-0.39, 0.29) is 11.7 Å². The minimum absolute atomic E-state index is 0.0812. The second-order valence-corrected chi connectivity index (χ2v) is 6.70. The van der Waals surface area contributed by atoms with Crippen molar-refractivity contribution in [2.45, 2.75) is 26.2 Å². The van der Waals surface area contributed by atoms with E-state index in [1.807, 2.05) is 42.7 Å². The molecule has 0 saturated heterocycles. The maximum absolute atomic E-state index is 12.2. The van der Waals surface area contributed by atoms with Gasteiger partial charge in [-0.2, -0.15) is 5.10 Å². The van der Waals surface area contributed by atoms with Crippen LogP contribution in [0.15, 0.2) is 24.3 Å². The Morgan fingerprint density at radius 3 is 2.64 bits per heavy atom. The summed E-state index contributed by atoms with van der Waals surface area (Å²) < 4.78 is 1.84. The Labute approximate surface area is 147 Å². The lowest BCUT2D eigenvalue weighted by atomic mass is 9.94. The van der Waals surface area contributed by atoms with Crippen molar-refractivity contribution in [3.8, 4) is 5.69 Å². The van der Waals surface area contributed by atoms with Crippen LogP contribution < -0.4 is 5.32 Å². The highest BCUT2D eigenvalue weighted by molar-refractivity contribution is 5.99. The summed E-state index contributed by atoms with van der Waals surface area (Å²) in [5.74, 6) is 0.101. The molecule has 3 rings (SSSR count). The number of fused-ring (bicyclic) bond motifs is 1. The first-order valence-electron chi connectivity index (χ1n) is 8.62. The summed E-state index contributed by atoms with van der Waals surface area (Å²) in [6, 6.07) is 7.36. The summed E-state index contributed by atoms with van der Waals surface area (Å²) in [4.78, 5) is 26.3. The second kappa shape index (κ2) is 7.19. The number of carbonyl (C=O) groups is 2. The first-order valence-corrected chi connectivity index (χ1v) is 8.62. The summed E-state index contributed by atoms with van der Waals surface area (Å²) in [7, 11) is 3.94. The predicted molar refractivity (Wildman–Crippen MR) is 96.5 cm³/mol. The highest BCUT2D eigenvalue weighted by Crippen LogP contribution is 2.26. The van der Waals surface area contributed by atoms with E-state index in [2.05, 4.69) is 10.4 Å². The Morgan fingerprint density at radius 1 is 1.24 bits per heavy atom. The van der Waals surface area contributed by atoms with Crippen molar-refractivity contribution in [2.24, 2.45) is 0 Å². The molecular formula is C19H24N4O2. The van der Waals surface area contributed by atoms with Gasteiger partial charge >= 0.3 is 0 Å².